The van der Waals surface area contributed by atoms with Gasteiger partial charge < -0.3 is 0 Å². The lowest BCUT2D eigenvalue weighted by atomic mass is 9.96. The van der Waals surface area contributed by atoms with E-state index in [1.54, 1.807) is 0 Å². The van der Waals surface area contributed by atoms with Crippen molar-refractivity contribution in [2.75, 3.05) is 0 Å². The van der Waals surface area contributed by atoms with E-state index < -0.39 is 0 Å². The summed E-state index contributed by atoms with van der Waals surface area (Å²) in [5.41, 5.74) is 3.70. The number of hydrogen-bond donors (Lipinski definition) is 0. The molecule has 0 atom stereocenters. The third-order valence-corrected chi connectivity index (χ3v) is 3.14. The molecule has 2 rings (SSSR count). The van der Waals surface area contributed by atoms with Crippen molar-refractivity contribution in [1.29, 1.82) is 0 Å². The molecule has 2 aromatic rings. The van der Waals surface area contributed by atoms with Gasteiger partial charge in [-0.1, -0.05) is 61.5 Å². The van der Waals surface area contributed by atoms with E-state index in [9.17, 15) is 4.79 Å². The van der Waals surface area contributed by atoms with Crippen LogP contribution in [0.2, 0.25) is 0 Å². The maximum Gasteiger partial charge on any atom is 0.137 e. The van der Waals surface area contributed by atoms with Gasteiger partial charge in [0, 0.05) is 12.8 Å². The Morgan fingerprint density at radius 2 is 1.50 bits per heavy atom. The van der Waals surface area contributed by atoms with Gasteiger partial charge in [-0.25, -0.2) is 0 Å². The monoisotopic (exact) mass is 238 g/mol. The van der Waals surface area contributed by atoms with Crippen LogP contribution in [0.1, 0.15) is 30.0 Å². The fraction of sp³-hybridized carbons (Fsp3) is 0.235. The van der Waals surface area contributed by atoms with Crippen molar-refractivity contribution in [2.45, 2.75) is 26.2 Å². The standard InChI is InChI=1S/C17H18O/c1-2-17(18)13-16-11-7-6-10-15(16)12-14-8-4-3-5-9-14/h3-11H,2,12-13H2,1H3. The molecule has 0 spiro atoms. The number of rotatable bonds is 5. The Morgan fingerprint density at radius 3 is 2.17 bits per heavy atom. The Kier molecular flexibility index (Phi) is 4.30. The van der Waals surface area contributed by atoms with Crippen LogP contribution in [0.4, 0.5) is 0 Å². The molecule has 0 aliphatic rings. The average molecular weight is 238 g/mol. The van der Waals surface area contributed by atoms with Gasteiger partial charge in [-0.2, -0.15) is 0 Å². The predicted molar refractivity (Wildman–Crippen MR) is 74.7 cm³/mol. The van der Waals surface area contributed by atoms with E-state index in [4.69, 9.17) is 0 Å². The third kappa shape index (κ3) is 3.30. The fourth-order valence-electron chi connectivity index (χ4n) is 2.06. The lowest BCUT2D eigenvalue weighted by Gasteiger charge is -2.08. The Bertz CT molecular complexity index is 514. The molecule has 0 bridgehead atoms. The normalized spacial score (nSPS) is 10.3. The van der Waals surface area contributed by atoms with Crippen molar-refractivity contribution in [2.24, 2.45) is 0 Å². The first-order chi connectivity index (χ1) is 8.79. The predicted octanol–water partition coefficient (Wildman–Crippen LogP) is 3.80. The fourth-order valence-corrected chi connectivity index (χ4v) is 2.06. The van der Waals surface area contributed by atoms with Crippen LogP contribution in [0.15, 0.2) is 54.6 Å². The molecule has 1 heteroatoms. The van der Waals surface area contributed by atoms with Crippen LogP contribution >= 0.6 is 0 Å². The minimum Gasteiger partial charge on any atom is -0.299 e. The van der Waals surface area contributed by atoms with E-state index in [0.717, 1.165) is 12.0 Å². The van der Waals surface area contributed by atoms with Crippen molar-refractivity contribution in [3.05, 3.63) is 71.3 Å². The molecule has 1 nitrogen and oxygen atoms in total. The summed E-state index contributed by atoms with van der Waals surface area (Å²) in [7, 11) is 0. The van der Waals surface area contributed by atoms with Gasteiger partial charge in [0.25, 0.3) is 0 Å². The van der Waals surface area contributed by atoms with E-state index in [2.05, 4.69) is 36.4 Å². The van der Waals surface area contributed by atoms with Crippen molar-refractivity contribution in [3.63, 3.8) is 0 Å². The molecule has 0 N–H and O–H groups in total. The highest BCUT2D eigenvalue weighted by Gasteiger charge is 2.06. The first-order valence-corrected chi connectivity index (χ1v) is 6.42. The molecule has 0 amide bonds. The molecular formula is C17H18O. The quantitative estimate of drug-likeness (QED) is 0.774. The summed E-state index contributed by atoms with van der Waals surface area (Å²) < 4.78 is 0. The molecule has 0 heterocycles. The zero-order chi connectivity index (χ0) is 12.8. The number of carbonyl (C=O) groups is 1. The highest BCUT2D eigenvalue weighted by Crippen LogP contribution is 2.15. The Morgan fingerprint density at radius 1 is 0.889 bits per heavy atom. The largest absolute Gasteiger partial charge is 0.299 e. The van der Waals surface area contributed by atoms with E-state index in [-0.39, 0.29) is 0 Å². The lowest BCUT2D eigenvalue weighted by molar-refractivity contribution is -0.118. The van der Waals surface area contributed by atoms with Gasteiger partial charge in [-0.05, 0) is 23.1 Å². The summed E-state index contributed by atoms with van der Waals surface area (Å²) in [6, 6.07) is 18.6. The summed E-state index contributed by atoms with van der Waals surface area (Å²) in [4.78, 5) is 11.6. The molecule has 18 heavy (non-hydrogen) atoms. The second-order valence-corrected chi connectivity index (χ2v) is 4.50. The number of Topliss-reactive ketones (excluding diaryl/α,β-unsaturated/α-hetero) is 1. The first kappa shape index (κ1) is 12.6. The maximum atomic E-state index is 11.6. The Labute approximate surface area is 108 Å². The second kappa shape index (κ2) is 6.15. The van der Waals surface area contributed by atoms with Gasteiger partial charge in [-0.3, -0.25) is 4.79 Å². The number of benzene rings is 2. The summed E-state index contributed by atoms with van der Waals surface area (Å²) in [6.07, 6.45) is 2.06. The summed E-state index contributed by atoms with van der Waals surface area (Å²) in [5, 5.41) is 0. The summed E-state index contributed by atoms with van der Waals surface area (Å²) >= 11 is 0. The Hall–Kier alpha value is -1.89. The van der Waals surface area contributed by atoms with Gasteiger partial charge in [0.05, 0.1) is 0 Å². The lowest BCUT2D eigenvalue weighted by Crippen LogP contribution is -2.04. The smallest absolute Gasteiger partial charge is 0.137 e. The van der Waals surface area contributed by atoms with Crippen LogP contribution < -0.4 is 0 Å². The van der Waals surface area contributed by atoms with Gasteiger partial charge in [0.2, 0.25) is 0 Å². The second-order valence-electron chi connectivity index (χ2n) is 4.50. The van der Waals surface area contributed by atoms with E-state index in [0.29, 0.717) is 18.6 Å². The molecule has 0 aliphatic carbocycles. The highest BCUT2D eigenvalue weighted by molar-refractivity contribution is 5.80. The molecule has 2 aromatic carbocycles. The van der Waals surface area contributed by atoms with E-state index in [1.165, 1.54) is 11.1 Å². The van der Waals surface area contributed by atoms with Crippen LogP contribution in [0.3, 0.4) is 0 Å². The summed E-state index contributed by atoms with van der Waals surface area (Å²) in [5.74, 6) is 0.301. The zero-order valence-electron chi connectivity index (χ0n) is 10.7. The molecule has 0 aliphatic heterocycles. The minimum atomic E-state index is 0.301. The molecule has 0 unspecified atom stereocenters. The van der Waals surface area contributed by atoms with E-state index in [1.807, 2.05) is 25.1 Å². The van der Waals surface area contributed by atoms with Crippen molar-refractivity contribution in [3.8, 4) is 0 Å². The van der Waals surface area contributed by atoms with Gasteiger partial charge in [0.1, 0.15) is 5.78 Å². The molecule has 0 saturated heterocycles. The molecule has 0 saturated carbocycles. The van der Waals surface area contributed by atoms with Crippen LogP contribution in [-0.2, 0) is 17.6 Å². The third-order valence-electron chi connectivity index (χ3n) is 3.14. The van der Waals surface area contributed by atoms with Crippen molar-refractivity contribution >= 4 is 5.78 Å². The number of carbonyl (C=O) groups excluding carboxylic acids is 1. The number of hydrogen-bond acceptors (Lipinski definition) is 1. The van der Waals surface area contributed by atoms with Crippen LogP contribution in [-0.4, -0.2) is 5.78 Å². The highest BCUT2D eigenvalue weighted by atomic mass is 16.1. The SMILES string of the molecule is CCC(=O)Cc1ccccc1Cc1ccccc1. The number of ketones is 1. The Balaban J connectivity index is 2.20. The molecule has 92 valence electrons. The van der Waals surface area contributed by atoms with Crippen LogP contribution in [0.5, 0.6) is 0 Å². The van der Waals surface area contributed by atoms with Crippen molar-refractivity contribution < 1.29 is 4.79 Å². The molecule has 0 fully saturated rings. The molecule has 0 radical (unpaired) electrons. The molecular weight excluding hydrogens is 220 g/mol. The maximum absolute atomic E-state index is 11.6. The minimum absolute atomic E-state index is 0.301. The van der Waals surface area contributed by atoms with Crippen molar-refractivity contribution in [1.82, 2.24) is 0 Å². The average Bonchev–Trinajstić information content (AvgIpc) is 2.42. The molecule has 0 aromatic heterocycles. The van der Waals surface area contributed by atoms with Gasteiger partial charge in [0.15, 0.2) is 0 Å². The van der Waals surface area contributed by atoms with Gasteiger partial charge in [-0.15, -0.1) is 0 Å². The zero-order valence-corrected chi connectivity index (χ0v) is 10.7. The van der Waals surface area contributed by atoms with Crippen LogP contribution in [0.25, 0.3) is 0 Å². The van der Waals surface area contributed by atoms with E-state index >= 15 is 0 Å². The topological polar surface area (TPSA) is 17.1 Å². The van der Waals surface area contributed by atoms with Gasteiger partial charge >= 0.3 is 0 Å². The summed E-state index contributed by atoms with van der Waals surface area (Å²) in [6.45, 7) is 1.92. The van der Waals surface area contributed by atoms with Crippen LogP contribution in [0, 0.1) is 0 Å². The first-order valence-electron chi connectivity index (χ1n) is 6.42.